The van der Waals surface area contributed by atoms with Crippen molar-refractivity contribution in [3.8, 4) is 0 Å². The van der Waals surface area contributed by atoms with Gasteiger partial charge in [-0.1, -0.05) is 29.8 Å². The van der Waals surface area contributed by atoms with Crippen LogP contribution in [0.1, 0.15) is 33.2 Å². The molecular weight excluding hydrogens is 262 g/mol. The Labute approximate surface area is 118 Å². The molecule has 0 amide bonds. The number of aryl methyl sites for hydroxylation is 3. The highest BCUT2D eigenvalue weighted by molar-refractivity contribution is 7.10. The predicted octanol–water partition coefficient (Wildman–Crippen LogP) is 4.57. The molecule has 1 aromatic carbocycles. The molecule has 1 heterocycles. The summed E-state index contributed by atoms with van der Waals surface area (Å²) in [4.78, 5) is 1.09. The van der Waals surface area contributed by atoms with Gasteiger partial charge in [0.2, 0.25) is 0 Å². The molecule has 1 atom stereocenters. The summed E-state index contributed by atoms with van der Waals surface area (Å²) in [6.45, 7) is 6.29. The summed E-state index contributed by atoms with van der Waals surface area (Å²) in [5, 5.41) is 2.90. The van der Waals surface area contributed by atoms with Crippen molar-refractivity contribution in [2.45, 2.75) is 33.2 Å². The lowest BCUT2D eigenvalue weighted by molar-refractivity contribution is 0.729. The Hall–Kier alpha value is -0.830. The largest absolute Gasteiger partial charge is 0.323 e. The minimum Gasteiger partial charge on any atom is -0.323 e. The lowest BCUT2D eigenvalue weighted by Crippen LogP contribution is -2.14. The Balaban J connectivity index is 2.27. The van der Waals surface area contributed by atoms with E-state index in [1.807, 2.05) is 6.92 Å². The standard InChI is InChI=1S/C15H18ClNS/c1-9-5-4-6-10(2)12(9)7-13(17)15-14(16)11(3)8-18-15/h4-6,8,13H,7,17H2,1-3H3. The predicted molar refractivity (Wildman–Crippen MR) is 80.6 cm³/mol. The molecule has 0 aliphatic carbocycles. The van der Waals surface area contributed by atoms with Gasteiger partial charge in [-0.3, -0.25) is 0 Å². The van der Waals surface area contributed by atoms with Crippen LogP contribution in [0.2, 0.25) is 5.02 Å². The van der Waals surface area contributed by atoms with E-state index in [9.17, 15) is 0 Å². The molecule has 2 aromatic rings. The van der Waals surface area contributed by atoms with Gasteiger partial charge in [-0.25, -0.2) is 0 Å². The Kier molecular flexibility index (Phi) is 4.10. The van der Waals surface area contributed by atoms with Gasteiger partial charge in [-0.2, -0.15) is 0 Å². The smallest absolute Gasteiger partial charge is 0.0590 e. The third kappa shape index (κ3) is 2.61. The minimum atomic E-state index is -0.0176. The minimum absolute atomic E-state index is 0.0176. The van der Waals surface area contributed by atoms with Crippen LogP contribution in [0.3, 0.4) is 0 Å². The fourth-order valence-electron chi connectivity index (χ4n) is 2.18. The Morgan fingerprint density at radius 1 is 1.17 bits per heavy atom. The molecule has 0 saturated heterocycles. The fourth-order valence-corrected chi connectivity index (χ4v) is 3.52. The average Bonchev–Trinajstić information content (AvgIpc) is 2.65. The highest BCUT2D eigenvalue weighted by Gasteiger charge is 2.16. The molecule has 1 aromatic heterocycles. The fraction of sp³-hybridized carbons (Fsp3) is 0.333. The normalized spacial score (nSPS) is 12.7. The van der Waals surface area contributed by atoms with Crippen molar-refractivity contribution in [1.29, 1.82) is 0 Å². The van der Waals surface area contributed by atoms with E-state index in [1.54, 1.807) is 11.3 Å². The van der Waals surface area contributed by atoms with Crippen LogP contribution in [-0.2, 0) is 6.42 Å². The van der Waals surface area contributed by atoms with Crippen LogP contribution >= 0.6 is 22.9 Å². The summed E-state index contributed by atoms with van der Waals surface area (Å²) >= 11 is 7.94. The lowest BCUT2D eigenvalue weighted by Gasteiger charge is -2.15. The zero-order valence-electron chi connectivity index (χ0n) is 11.0. The van der Waals surface area contributed by atoms with Crippen molar-refractivity contribution in [2.24, 2.45) is 5.73 Å². The molecule has 0 aliphatic heterocycles. The van der Waals surface area contributed by atoms with Gasteiger partial charge in [0, 0.05) is 10.9 Å². The zero-order valence-corrected chi connectivity index (χ0v) is 12.5. The van der Waals surface area contributed by atoms with Gasteiger partial charge in [-0.05, 0) is 54.8 Å². The molecule has 2 N–H and O–H groups in total. The van der Waals surface area contributed by atoms with Gasteiger partial charge in [0.1, 0.15) is 0 Å². The molecule has 2 rings (SSSR count). The maximum atomic E-state index is 6.30. The van der Waals surface area contributed by atoms with Gasteiger partial charge >= 0.3 is 0 Å². The van der Waals surface area contributed by atoms with Gasteiger partial charge in [0.25, 0.3) is 0 Å². The van der Waals surface area contributed by atoms with Crippen LogP contribution in [-0.4, -0.2) is 0 Å². The van der Waals surface area contributed by atoms with Crippen molar-refractivity contribution >= 4 is 22.9 Å². The van der Waals surface area contributed by atoms with Crippen molar-refractivity contribution in [3.05, 3.63) is 55.7 Å². The number of nitrogens with two attached hydrogens (primary N) is 1. The number of thiophene rings is 1. The second kappa shape index (κ2) is 5.43. The highest BCUT2D eigenvalue weighted by atomic mass is 35.5. The first-order valence-corrected chi connectivity index (χ1v) is 7.30. The van der Waals surface area contributed by atoms with Gasteiger partial charge in [0.05, 0.1) is 5.02 Å². The van der Waals surface area contributed by atoms with E-state index in [0.29, 0.717) is 0 Å². The van der Waals surface area contributed by atoms with Gasteiger partial charge in [-0.15, -0.1) is 11.3 Å². The first-order chi connectivity index (χ1) is 8.50. The number of hydrogen-bond donors (Lipinski definition) is 1. The third-order valence-corrected chi connectivity index (χ3v) is 5.18. The first kappa shape index (κ1) is 13.6. The molecule has 1 nitrogen and oxygen atoms in total. The van der Waals surface area contributed by atoms with E-state index in [-0.39, 0.29) is 6.04 Å². The van der Waals surface area contributed by atoms with Gasteiger partial charge in [0.15, 0.2) is 0 Å². The molecule has 1 unspecified atom stereocenters. The zero-order chi connectivity index (χ0) is 13.3. The summed E-state index contributed by atoms with van der Waals surface area (Å²) in [5.74, 6) is 0. The molecule has 0 bridgehead atoms. The summed E-state index contributed by atoms with van der Waals surface area (Å²) in [5.41, 5.74) is 11.4. The third-order valence-electron chi connectivity index (χ3n) is 3.33. The molecule has 18 heavy (non-hydrogen) atoms. The van der Waals surface area contributed by atoms with E-state index in [0.717, 1.165) is 21.9 Å². The summed E-state index contributed by atoms with van der Waals surface area (Å²) in [7, 11) is 0. The molecule has 3 heteroatoms. The number of benzene rings is 1. The Morgan fingerprint density at radius 2 is 1.78 bits per heavy atom. The summed E-state index contributed by atoms with van der Waals surface area (Å²) in [6, 6.07) is 6.34. The molecule has 0 spiro atoms. The van der Waals surface area contributed by atoms with E-state index in [4.69, 9.17) is 17.3 Å². The molecule has 0 saturated carbocycles. The molecule has 0 aliphatic rings. The molecule has 0 radical (unpaired) electrons. The summed E-state index contributed by atoms with van der Waals surface area (Å²) in [6.07, 6.45) is 0.845. The molecule has 96 valence electrons. The van der Waals surface area contributed by atoms with E-state index in [1.165, 1.54) is 16.7 Å². The summed E-state index contributed by atoms with van der Waals surface area (Å²) < 4.78 is 0. The number of hydrogen-bond acceptors (Lipinski definition) is 2. The van der Waals surface area contributed by atoms with E-state index < -0.39 is 0 Å². The quantitative estimate of drug-likeness (QED) is 0.875. The first-order valence-electron chi connectivity index (χ1n) is 6.05. The number of halogens is 1. The topological polar surface area (TPSA) is 26.0 Å². The van der Waals surface area contributed by atoms with E-state index in [2.05, 4.69) is 37.4 Å². The van der Waals surface area contributed by atoms with Crippen LogP contribution in [0.5, 0.6) is 0 Å². The number of rotatable bonds is 3. The van der Waals surface area contributed by atoms with E-state index >= 15 is 0 Å². The second-order valence-electron chi connectivity index (χ2n) is 4.78. The Morgan fingerprint density at radius 3 is 2.28 bits per heavy atom. The van der Waals surface area contributed by atoms with Gasteiger partial charge < -0.3 is 5.73 Å². The van der Waals surface area contributed by atoms with Crippen molar-refractivity contribution in [1.82, 2.24) is 0 Å². The Bertz CT molecular complexity index is 539. The van der Waals surface area contributed by atoms with Crippen LogP contribution in [0.25, 0.3) is 0 Å². The lowest BCUT2D eigenvalue weighted by atomic mass is 9.96. The monoisotopic (exact) mass is 279 g/mol. The van der Waals surface area contributed by atoms with Crippen molar-refractivity contribution < 1.29 is 0 Å². The highest BCUT2D eigenvalue weighted by Crippen LogP contribution is 2.33. The van der Waals surface area contributed by atoms with Crippen LogP contribution in [0, 0.1) is 20.8 Å². The maximum absolute atomic E-state index is 6.30. The van der Waals surface area contributed by atoms with Crippen molar-refractivity contribution in [2.75, 3.05) is 0 Å². The second-order valence-corrected chi connectivity index (χ2v) is 6.07. The van der Waals surface area contributed by atoms with Crippen molar-refractivity contribution in [3.63, 3.8) is 0 Å². The van der Waals surface area contributed by atoms with Crippen LogP contribution < -0.4 is 5.73 Å². The maximum Gasteiger partial charge on any atom is 0.0590 e. The van der Waals surface area contributed by atoms with Crippen LogP contribution in [0.15, 0.2) is 23.6 Å². The molecular formula is C15H18ClNS. The average molecular weight is 280 g/mol. The molecule has 0 fully saturated rings. The van der Waals surface area contributed by atoms with Crippen LogP contribution in [0.4, 0.5) is 0 Å². The SMILES string of the molecule is Cc1csc(C(N)Cc2c(C)cccc2C)c1Cl.